The molecule has 1 aromatic rings. The van der Waals surface area contributed by atoms with Crippen LogP contribution < -0.4 is 5.73 Å². The fourth-order valence-electron chi connectivity index (χ4n) is 1.89. The van der Waals surface area contributed by atoms with Gasteiger partial charge in [-0.05, 0) is 19.3 Å². The molecule has 3 unspecified atom stereocenters. The molecule has 1 aliphatic rings. The average molecular weight is 225 g/mol. The van der Waals surface area contributed by atoms with Crippen molar-refractivity contribution in [1.29, 1.82) is 0 Å². The first-order valence-electron chi connectivity index (χ1n) is 5.80. The maximum Gasteiger partial charge on any atom is 0.232 e. The van der Waals surface area contributed by atoms with Crippen molar-refractivity contribution in [2.24, 2.45) is 11.7 Å². The van der Waals surface area contributed by atoms with Crippen LogP contribution in [0.2, 0.25) is 0 Å². The summed E-state index contributed by atoms with van der Waals surface area (Å²) in [5, 5.41) is 3.95. The second-order valence-electron chi connectivity index (χ2n) is 4.73. The summed E-state index contributed by atoms with van der Waals surface area (Å²) in [5.74, 6) is 1.79. The number of rotatable bonds is 3. The molecule has 0 bridgehead atoms. The standard InChI is InChI=1S/C11H19N3O2/c1-6(2)9(12)10-13-11(16-14-10)8-4-5-15-7(8)3/h6-9H,4-5,12H2,1-3H3. The quantitative estimate of drug-likeness (QED) is 0.846. The summed E-state index contributed by atoms with van der Waals surface area (Å²) < 4.78 is 10.7. The van der Waals surface area contributed by atoms with Gasteiger partial charge in [-0.1, -0.05) is 19.0 Å². The summed E-state index contributed by atoms with van der Waals surface area (Å²) in [6, 6.07) is -0.157. The van der Waals surface area contributed by atoms with Crippen LogP contribution >= 0.6 is 0 Å². The molecule has 0 aliphatic carbocycles. The van der Waals surface area contributed by atoms with Gasteiger partial charge in [0.25, 0.3) is 0 Å². The van der Waals surface area contributed by atoms with Gasteiger partial charge in [0.05, 0.1) is 18.1 Å². The van der Waals surface area contributed by atoms with Crippen LogP contribution in [0.4, 0.5) is 0 Å². The maximum atomic E-state index is 5.97. The van der Waals surface area contributed by atoms with Crippen molar-refractivity contribution >= 4 is 0 Å². The molecule has 0 radical (unpaired) electrons. The molecule has 5 heteroatoms. The Kier molecular flexibility index (Phi) is 3.25. The zero-order chi connectivity index (χ0) is 11.7. The Balaban J connectivity index is 2.13. The van der Waals surface area contributed by atoms with Crippen LogP contribution in [0.25, 0.3) is 0 Å². The normalized spacial score (nSPS) is 27.6. The Morgan fingerprint density at radius 1 is 1.44 bits per heavy atom. The van der Waals surface area contributed by atoms with Crippen molar-refractivity contribution in [3.05, 3.63) is 11.7 Å². The molecule has 90 valence electrons. The van der Waals surface area contributed by atoms with Crippen molar-refractivity contribution in [3.63, 3.8) is 0 Å². The van der Waals surface area contributed by atoms with Gasteiger partial charge < -0.3 is 15.0 Å². The fourth-order valence-corrected chi connectivity index (χ4v) is 1.89. The third-order valence-corrected chi connectivity index (χ3v) is 3.17. The lowest BCUT2D eigenvalue weighted by Crippen LogP contribution is -2.18. The van der Waals surface area contributed by atoms with E-state index >= 15 is 0 Å². The van der Waals surface area contributed by atoms with Crippen molar-refractivity contribution in [2.75, 3.05) is 6.61 Å². The summed E-state index contributed by atoms with van der Waals surface area (Å²) in [7, 11) is 0. The molecular formula is C11H19N3O2. The first-order valence-corrected chi connectivity index (χ1v) is 5.80. The largest absolute Gasteiger partial charge is 0.378 e. The first-order chi connectivity index (χ1) is 7.59. The number of hydrogen-bond acceptors (Lipinski definition) is 5. The minimum atomic E-state index is -0.157. The van der Waals surface area contributed by atoms with E-state index in [-0.39, 0.29) is 18.1 Å². The molecule has 16 heavy (non-hydrogen) atoms. The molecule has 3 atom stereocenters. The van der Waals surface area contributed by atoms with Gasteiger partial charge in [-0.2, -0.15) is 4.98 Å². The monoisotopic (exact) mass is 225 g/mol. The van der Waals surface area contributed by atoms with Crippen molar-refractivity contribution in [3.8, 4) is 0 Å². The van der Waals surface area contributed by atoms with Crippen LogP contribution in [-0.4, -0.2) is 22.9 Å². The number of nitrogens with two attached hydrogens (primary N) is 1. The lowest BCUT2D eigenvalue weighted by atomic mass is 10.0. The van der Waals surface area contributed by atoms with E-state index < -0.39 is 0 Å². The molecule has 5 nitrogen and oxygen atoms in total. The van der Waals surface area contributed by atoms with Crippen LogP contribution in [0.1, 0.15) is 50.9 Å². The highest BCUT2D eigenvalue weighted by Crippen LogP contribution is 2.30. The van der Waals surface area contributed by atoms with E-state index in [4.69, 9.17) is 15.0 Å². The lowest BCUT2D eigenvalue weighted by molar-refractivity contribution is 0.113. The van der Waals surface area contributed by atoms with E-state index in [1.165, 1.54) is 0 Å². The maximum absolute atomic E-state index is 5.97. The SMILES string of the molecule is CC(C)C(N)c1noc(C2CCOC2C)n1. The molecule has 1 aliphatic heterocycles. The Labute approximate surface area is 95.3 Å². The summed E-state index contributed by atoms with van der Waals surface area (Å²) in [5.41, 5.74) is 5.97. The fraction of sp³-hybridized carbons (Fsp3) is 0.818. The Hall–Kier alpha value is -0.940. The molecule has 0 saturated carbocycles. The van der Waals surface area contributed by atoms with Gasteiger partial charge in [-0.15, -0.1) is 0 Å². The smallest absolute Gasteiger partial charge is 0.232 e. The molecule has 2 heterocycles. The van der Waals surface area contributed by atoms with Gasteiger partial charge >= 0.3 is 0 Å². The molecule has 0 aromatic carbocycles. The average Bonchev–Trinajstić information content (AvgIpc) is 2.84. The van der Waals surface area contributed by atoms with E-state index in [1.807, 2.05) is 20.8 Å². The second-order valence-corrected chi connectivity index (χ2v) is 4.73. The van der Waals surface area contributed by atoms with E-state index in [2.05, 4.69) is 10.1 Å². The molecular weight excluding hydrogens is 206 g/mol. The van der Waals surface area contributed by atoms with E-state index in [9.17, 15) is 0 Å². The minimum absolute atomic E-state index is 0.156. The van der Waals surface area contributed by atoms with Gasteiger partial charge in [0.2, 0.25) is 5.89 Å². The predicted molar refractivity (Wildman–Crippen MR) is 58.8 cm³/mol. The van der Waals surface area contributed by atoms with Gasteiger partial charge in [0.15, 0.2) is 5.82 Å². The molecule has 1 aromatic heterocycles. The zero-order valence-corrected chi connectivity index (χ0v) is 10.0. The van der Waals surface area contributed by atoms with E-state index in [0.717, 1.165) is 13.0 Å². The molecule has 0 amide bonds. The summed E-state index contributed by atoms with van der Waals surface area (Å²) >= 11 is 0. The van der Waals surface area contributed by atoms with E-state index in [1.54, 1.807) is 0 Å². The molecule has 2 N–H and O–H groups in total. The van der Waals surface area contributed by atoms with E-state index in [0.29, 0.717) is 17.6 Å². The topological polar surface area (TPSA) is 74.2 Å². The molecule has 1 saturated heterocycles. The molecule has 1 fully saturated rings. The third kappa shape index (κ3) is 2.10. The Morgan fingerprint density at radius 2 is 2.19 bits per heavy atom. The first kappa shape index (κ1) is 11.5. The Bertz CT molecular complexity index is 351. The van der Waals surface area contributed by atoms with Crippen molar-refractivity contribution in [1.82, 2.24) is 10.1 Å². The summed E-state index contributed by atoms with van der Waals surface area (Å²) in [4.78, 5) is 4.38. The van der Waals surface area contributed by atoms with Crippen LogP contribution in [-0.2, 0) is 4.74 Å². The number of hydrogen-bond donors (Lipinski definition) is 1. The highest BCUT2D eigenvalue weighted by Gasteiger charge is 2.31. The second kappa shape index (κ2) is 4.51. The van der Waals surface area contributed by atoms with Gasteiger partial charge in [0, 0.05) is 6.61 Å². The van der Waals surface area contributed by atoms with Gasteiger partial charge in [-0.3, -0.25) is 0 Å². The van der Waals surface area contributed by atoms with Gasteiger partial charge in [-0.25, -0.2) is 0 Å². The molecule has 0 spiro atoms. The summed E-state index contributed by atoms with van der Waals surface area (Å²) in [6.07, 6.45) is 1.10. The highest BCUT2D eigenvalue weighted by atomic mass is 16.5. The third-order valence-electron chi connectivity index (χ3n) is 3.17. The van der Waals surface area contributed by atoms with Crippen LogP contribution in [0.5, 0.6) is 0 Å². The minimum Gasteiger partial charge on any atom is -0.378 e. The predicted octanol–water partition coefficient (Wildman–Crippen LogP) is 1.62. The lowest BCUT2D eigenvalue weighted by Gasteiger charge is -2.10. The zero-order valence-electron chi connectivity index (χ0n) is 10.0. The van der Waals surface area contributed by atoms with Crippen molar-refractivity contribution in [2.45, 2.75) is 45.3 Å². The summed E-state index contributed by atoms with van der Waals surface area (Å²) in [6.45, 7) is 6.88. The molecule has 2 rings (SSSR count). The number of ether oxygens (including phenoxy) is 1. The van der Waals surface area contributed by atoms with Crippen molar-refractivity contribution < 1.29 is 9.26 Å². The van der Waals surface area contributed by atoms with Gasteiger partial charge in [0.1, 0.15) is 0 Å². The number of nitrogens with zero attached hydrogens (tertiary/aromatic N) is 2. The van der Waals surface area contributed by atoms with Crippen LogP contribution in [0.3, 0.4) is 0 Å². The Morgan fingerprint density at radius 3 is 2.75 bits per heavy atom. The van der Waals surface area contributed by atoms with Crippen LogP contribution in [0, 0.1) is 5.92 Å². The highest BCUT2D eigenvalue weighted by molar-refractivity contribution is 5.01. The number of aromatic nitrogens is 2. The van der Waals surface area contributed by atoms with Crippen LogP contribution in [0.15, 0.2) is 4.52 Å².